The van der Waals surface area contributed by atoms with E-state index in [-0.39, 0.29) is 30.7 Å². The van der Waals surface area contributed by atoms with Gasteiger partial charge >= 0.3 is 0 Å². The lowest BCUT2D eigenvalue weighted by Gasteiger charge is -2.26. The highest BCUT2D eigenvalue weighted by molar-refractivity contribution is 7.17. The number of carbonyl (C=O) groups is 1. The van der Waals surface area contributed by atoms with Gasteiger partial charge in [-0.2, -0.15) is 5.10 Å². The molecule has 0 spiro atoms. The van der Waals surface area contributed by atoms with Gasteiger partial charge in [-0.3, -0.25) is 14.4 Å². The van der Waals surface area contributed by atoms with Gasteiger partial charge < -0.3 is 10.6 Å². The minimum Gasteiger partial charge on any atom is -0.322 e. The average molecular weight is 504 g/mol. The summed E-state index contributed by atoms with van der Waals surface area (Å²) >= 11 is 1.76. The number of fused-ring (bicyclic) bond motifs is 1. The van der Waals surface area contributed by atoms with Gasteiger partial charge in [-0.25, -0.2) is 0 Å². The van der Waals surface area contributed by atoms with Crippen molar-refractivity contribution >= 4 is 57.8 Å². The summed E-state index contributed by atoms with van der Waals surface area (Å²) in [6.45, 7) is 5.82. The number of thiophene rings is 1. The van der Waals surface area contributed by atoms with E-state index in [1.807, 2.05) is 24.3 Å². The Morgan fingerprint density at radius 2 is 1.85 bits per heavy atom. The van der Waals surface area contributed by atoms with Crippen molar-refractivity contribution in [1.82, 2.24) is 20.0 Å². The van der Waals surface area contributed by atoms with E-state index in [0.29, 0.717) is 12.1 Å². The molecule has 3 heterocycles. The van der Waals surface area contributed by atoms with E-state index in [2.05, 4.69) is 50.3 Å². The van der Waals surface area contributed by atoms with Crippen LogP contribution in [0.1, 0.15) is 21.5 Å². The number of hydrogen-bond acceptors (Lipinski definition) is 5. The number of piperazine rings is 1. The maximum absolute atomic E-state index is 12.8. The Balaban J connectivity index is 0.00000153. The van der Waals surface area contributed by atoms with Crippen LogP contribution >= 0.6 is 36.2 Å². The number of aromatic nitrogens is 2. The molecule has 0 radical (unpaired) electrons. The molecule has 6 nitrogen and oxygen atoms in total. The summed E-state index contributed by atoms with van der Waals surface area (Å²) < 4.78 is 3.04. The quantitative estimate of drug-likeness (QED) is 0.402. The first-order chi connectivity index (χ1) is 15.2. The number of carbonyl (C=O) groups excluding carboxylic acids is 1. The monoisotopic (exact) mass is 503 g/mol. The molecule has 4 aromatic rings. The van der Waals surface area contributed by atoms with Crippen molar-refractivity contribution in [3.8, 4) is 0 Å². The second kappa shape index (κ2) is 11.6. The minimum absolute atomic E-state index is 0. The Morgan fingerprint density at radius 1 is 1.06 bits per heavy atom. The maximum Gasteiger partial charge on any atom is 0.258 e. The summed E-state index contributed by atoms with van der Waals surface area (Å²) in [7, 11) is 0. The van der Waals surface area contributed by atoms with Crippen molar-refractivity contribution in [3.63, 3.8) is 0 Å². The smallest absolute Gasteiger partial charge is 0.258 e. The van der Waals surface area contributed by atoms with Crippen molar-refractivity contribution in [3.05, 3.63) is 83.0 Å². The Hall–Kier alpha value is -2.42. The van der Waals surface area contributed by atoms with Gasteiger partial charge in [0.2, 0.25) is 0 Å². The number of anilines is 1. The molecule has 174 valence electrons. The normalized spacial score (nSPS) is 13.8. The third-order valence-corrected chi connectivity index (χ3v) is 6.61. The van der Waals surface area contributed by atoms with E-state index >= 15 is 0 Å². The zero-order valence-electron chi connectivity index (χ0n) is 18.1. The van der Waals surface area contributed by atoms with E-state index in [9.17, 15) is 4.79 Å². The molecule has 0 atom stereocenters. The van der Waals surface area contributed by atoms with Crippen LogP contribution in [0.25, 0.3) is 10.1 Å². The summed E-state index contributed by atoms with van der Waals surface area (Å²) in [6.07, 6.45) is 3.42. The molecular formula is C24H27Cl2N5OS. The number of halogens is 2. The largest absolute Gasteiger partial charge is 0.322 e. The molecule has 0 aliphatic carbocycles. The van der Waals surface area contributed by atoms with Gasteiger partial charge in [-0.05, 0) is 40.1 Å². The van der Waals surface area contributed by atoms with Crippen LogP contribution < -0.4 is 10.6 Å². The molecule has 0 bridgehead atoms. The average Bonchev–Trinajstić information content (AvgIpc) is 3.43. The Bertz CT molecular complexity index is 1190. The molecule has 0 saturated carbocycles. The van der Waals surface area contributed by atoms with Gasteiger partial charge in [0, 0.05) is 49.3 Å². The number of hydrogen-bond donors (Lipinski definition) is 2. The molecule has 1 aliphatic heterocycles. The molecule has 1 saturated heterocycles. The Morgan fingerprint density at radius 3 is 2.64 bits per heavy atom. The highest BCUT2D eigenvalue weighted by Gasteiger charge is 2.14. The summed E-state index contributed by atoms with van der Waals surface area (Å²) in [4.78, 5) is 15.3. The summed E-state index contributed by atoms with van der Waals surface area (Å²) in [6, 6.07) is 16.3. The van der Waals surface area contributed by atoms with Crippen molar-refractivity contribution in [1.29, 1.82) is 0 Å². The van der Waals surface area contributed by atoms with E-state index in [1.54, 1.807) is 28.4 Å². The SMILES string of the molecule is Cl.Cl.O=C(Nc1ccc2scc(CN3CCNCC3)c2c1)c1cnn(Cc2ccccc2)c1. The van der Waals surface area contributed by atoms with E-state index in [4.69, 9.17) is 0 Å². The summed E-state index contributed by atoms with van der Waals surface area (Å²) in [5.74, 6) is -0.141. The standard InChI is InChI=1S/C24H25N5OS.2ClH/c30-24(19-13-26-29(16-19)14-18-4-2-1-3-5-18)27-21-6-7-23-22(12-21)20(17-31-23)15-28-10-8-25-9-11-28;;/h1-7,12-13,16-17,25H,8-11,14-15H2,(H,27,30);2*1H. The highest BCUT2D eigenvalue weighted by Crippen LogP contribution is 2.30. The summed E-state index contributed by atoms with van der Waals surface area (Å²) in [5.41, 5.74) is 3.85. The first kappa shape index (κ1) is 25.2. The van der Waals surface area contributed by atoms with Crippen LogP contribution in [0.5, 0.6) is 0 Å². The van der Waals surface area contributed by atoms with Crippen molar-refractivity contribution in [2.45, 2.75) is 13.1 Å². The molecule has 1 aliphatic rings. The van der Waals surface area contributed by atoms with Gasteiger partial charge in [0.05, 0.1) is 18.3 Å². The van der Waals surface area contributed by atoms with E-state index in [1.165, 1.54) is 15.6 Å². The lowest BCUT2D eigenvalue weighted by Crippen LogP contribution is -2.42. The highest BCUT2D eigenvalue weighted by atomic mass is 35.5. The molecule has 1 amide bonds. The molecule has 0 unspecified atom stereocenters. The molecule has 2 aromatic heterocycles. The van der Waals surface area contributed by atoms with Gasteiger partial charge in [-0.1, -0.05) is 30.3 Å². The van der Waals surface area contributed by atoms with E-state index in [0.717, 1.165) is 44.0 Å². The van der Waals surface area contributed by atoms with E-state index < -0.39 is 0 Å². The van der Waals surface area contributed by atoms with Gasteiger partial charge in [0.1, 0.15) is 0 Å². The maximum atomic E-state index is 12.8. The number of nitrogens with zero attached hydrogens (tertiary/aromatic N) is 3. The first-order valence-corrected chi connectivity index (χ1v) is 11.4. The number of amides is 1. The lowest BCUT2D eigenvalue weighted by atomic mass is 10.1. The molecule has 5 rings (SSSR count). The predicted molar refractivity (Wildman–Crippen MR) is 140 cm³/mol. The zero-order valence-corrected chi connectivity index (χ0v) is 20.5. The van der Waals surface area contributed by atoms with Crippen molar-refractivity contribution in [2.24, 2.45) is 0 Å². The fraction of sp³-hybridized carbons (Fsp3) is 0.250. The fourth-order valence-corrected chi connectivity index (χ4v) is 4.87. The third-order valence-electron chi connectivity index (χ3n) is 5.60. The van der Waals surface area contributed by atoms with Gasteiger partial charge in [0.25, 0.3) is 5.91 Å². The van der Waals surface area contributed by atoms with Gasteiger partial charge in [-0.15, -0.1) is 36.2 Å². The van der Waals surface area contributed by atoms with Gasteiger partial charge in [0.15, 0.2) is 0 Å². The van der Waals surface area contributed by atoms with Crippen LogP contribution in [0.15, 0.2) is 66.3 Å². The Kier molecular flexibility index (Phi) is 8.88. The van der Waals surface area contributed by atoms with Crippen LogP contribution in [0, 0.1) is 0 Å². The fourth-order valence-electron chi connectivity index (χ4n) is 3.93. The van der Waals surface area contributed by atoms with Crippen LogP contribution in [-0.4, -0.2) is 46.8 Å². The van der Waals surface area contributed by atoms with Crippen LogP contribution in [0.3, 0.4) is 0 Å². The predicted octanol–water partition coefficient (Wildman–Crippen LogP) is 4.65. The van der Waals surface area contributed by atoms with Crippen molar-refractivity contribution in [2.75, 3.05) is 31.5 Å². The second-order valence-corrected chi connectivity index (χ2v) is 8.78. The topological polar surface area (TPSA) is 62.2 Å². The lowest BCUT2D eigenvalue weighted by molar-refractivity contribution is 0.102. The molecule has 2 aromatic carbocycles. The summed E-state index contributed by atoms with van der Waals surface area (Å²) in [5, 5.41) is 14.2. The van der Waals surface area contributed by atoms with Crippen LogP contribution in [0.2, 0.25) is 0 Å². The minimum atomic E-state index is -0.141. The van der Waals surface area contributed by atoms with Crippen LogP contribution in [0.4, 0.5) is 5.69 Å². The van der Waals surface area contributed by atoms with Crippen LogP contribution in [-0.2, 0) is 13.1 Å². The molecular weight excluding hydrogens is 477 g/mol. The number of nitrogens with one attached hydrogen (secondary N) is 2. The number of benzene rings is 2. The third kappa shape index (κ3) is 6.13. The molecule has 1 fully saturated rings. The molecule has 9 heteroatoms. The number of rotatable bonds is 6. The van der Waals surface area contributed by atoms with Crippen molar-refractivity contribution < 1.29 is 4.79 Å². The Labute approximate surface area is 209 Å². The second-order valence-electron chi connectivity index (χ2n) is 7.86. The first-order valence-electron chi connectivity index (χ1n) is 10.6. The zero-order chi connectivity index (χ0) is 21.0. The molecule has 2 N–H and O–H groups in total. The molecule has 33 heavy (non-hydrogen) atoms.